The Labute approximate surface area is 136 Å². The molecule has 0 aliphatic rings. The minimum Gasteiger partial charge on any atom is -0.464 e. The first-order valence-corrected chi connectivity index (χ1v) is 7.63. The Morgan fingerprint density at radius 2 is 1.87 bits per heavy atom. The molecule has 0 saturated carbocycles. The van der Waals surface area contributed by atoms with Crippen LogP contribution in [-0.2, 0) is 20.7 Å². The molecule has 0 unspecified atom stereocenters. The number of alkyl carbamates (subject to hydrolysis) is 1. The number of hydrogen-bond acceptors (Lipinski definition) is 5. The van der Waals surface area contributed by atoms with Gasteiger partial charge in [-0.1, -0.05) is 30.3 Å². The van der Waals surface area contributed by atoms with Gasteiger partial charge in [-0.2, -0.15) is 0 Å². The smallest absolute Gasteiger partial charge is 0.408 e. The van der Waals surface area contributed by atoms with E-state index in [4.69, 9.17) is 14.6 Å². The molecule has 0 bridgehead atoms. The van der Waals surface area contributed by atoms with Crippen molar-refractivity contribution in [3.05, 3.63) is 35.9 Å². The number of carbonyl (C=O) groups is 2. The number of carbonyl (C=O) groups excluding carboxylic acids is 2. The summed E-state index contributed by atoms with van der Waals surface area (Å²) < 4.78 is 10.3. The Morgan fingerprint density at radius 3 is 2.43 bits per heavy atom. The Bertz CT molecular complexity index is 495. The summed E-state index contributed by atoms with van der Waals surface area (Å²) in [6, 6.07) is 8.48. The fraction of sp³-hybridized carbons (Fsp3) is 0.529. The quantitative estimate of drug-likeness (QED) is 0.592. The summed E-state index contributed by atoms with van der Waals surface area (Å²) in [6.07, 6.45) is -0.00796. The molecule has 0 aromatic heterocycles. The summed E-state index contributed by atoms with van der Waals surface area (Å²) in [5.41, 5.74) is 0.245. The first-order chi connectivity index (χ1) is 10.8. The summed E-state index contributed by atoms with van der Waals surface area (Å²) in [5.74, 6) is -0.548. The molecule has 0 radical (unpaired) electrons. The third kappa shape index (κ3) is 8.21. The molecular weight excluding hydrogens is 298 g/mol. The normalized spacial score (nSPS) is 12.3. The standard InChI is InChI=1S/C17H25NO5/c1-17(2,3)23-16(21)18-14(15(20)22-11-7-10-19)12-13-8-5-4-6-9-13/h4-6,8-9,14,19H,7,10-12H2,1-3H3,(H,18,21)/t14-/m0/s1. The van der Waals surface area contributed by atoms with Crippen molar-refractivity contribution in [2.24, 2.45) is 0 Å². The Kier molecular flexibility index (Phi) is 7.54. The van der Waals surface area contributed by atoms with E-state index >= 15 is 0 Å². The van der Waals surface area contributed by atoms with Gasteiger partial charge in [0.25, 0.3) is 0 Å². The number of benzene rings is 1. The third-order valence-corrected chi connectivity index (χ3v) is 2.80. The number of aliphatic hydroxyl groups excluding tert-OH is 1. The first-order valence-electron chi connectivity index (χ1n) is 7.63. The molecule has 1 rings (SSSR count). The van der Waals surface area contributed by atoms with E-state index in [0.29, 0.717) is 12.8 Å². The second kappa shape index (κ2) is 9.15. The van der Waals surface area contributed by atoms with Crippen LogP contribution < -0.4 is 5.32 Å². The number of amides is 1. The van der Waals surface area contributed by atoms with Crippen molar-refractivity contribution in [2.45, 2.75) is 45.3 Å². The maximum absolute atomic E-state index is 12.1. The van der Waals surface area contributed by atoms with Crippen LogP contribution in [0.4, 0.5) is 4.79 Å². The summed E-state index contributed by atoms with van der Waals surface area (Å²) in [4.78, 5) is 24.1. The van der Waals surface area contributed by atoms with Crippen LogP contribution in [0.1, 0.15) is 32.8 Å². The molecule has 6 heteroatoms. The lowest BCUT2D eigenvalue weighted by molar-refractivity contribution is -0.146. The van der Waals surface area contributed by atoms with Crippen LogP contribution >= 0.6 is 0 Å². The summed E-state index contributed by atoms with van der Waals surface area (Å²) in [7, 11) is 0. The third-order valence-electron chi connectivity index (χ3n) is 2.80. The van der Waals surface area contributed by atoms with E-state index < -0.39 is 23.7 Å². The molecule has 1 amide bonds. The second-order valence-corrected chi connectivity index (χ2v) is 6.13. The molecule has 1 aromatic rings. The van der Waals surface area contributed by atoms with Crippen LogP contribution in [0, 0.1) is 0 Å². The van der Waals surface area contributed by atoms with Gasteiger partial charge in [-0.05, 0) is 26.3 Å². The van der Waals surface area contributed by atoms with E-state index in [9.17, 15) is 9.59 Å². The summed E-state index contributed by atoms with van der Waals surface area (Å²) in [6.45, 7) is 5.29. The lowest BCUT2D eigenvalue weighted by Gasteiger charge is -2.23. The number of rotatable bonds is 7. The Hall–Kier alpha value is -2.08. The molecule has 0 fully saturated rings. The van der Waals surface area contributed by atoms with E-state index in [1.54, 1.807) is 20.8 Å². The predicted molar refractivity (Wildman–Crippen MR) is 86.0 cm³/mol. The van der Waals surface area contributed by atoms with Gasteiger partial charge < -0.3 is 19.9 Å². The van der Waals surface area contributed by atoms with Gasteiger partial charge in [-0.25, -0.2) is 9.59 Å². The van der Waals surface area contributed by atoms with Crippen LogP contribution in [0.3, 0.4) is 0 Å². The topological polar surface area (TPSA) is 84.9 Å². The van der Waals surface area contributed by atoms with Crippen LogP contribution in [-0.4, -0.2) is 42.0 Å². The summed E-state index contributed by atoms with van der Waals surface area (Å²) >= 11 is 0. The second-order valence-electron chi connectivity index (χ2n) is 6.13. The van der Waals surface area contributed by atoms with Gasteiger partial charge in [0, 0.05) is 19.4 Å². The average molecular weight is 323 g/mol. The zero-order valence-corrected chi connectivity index (χ0v) is 13.9. The minimum absolute atomic E-state index is 0.0594. The molecule has 0 saturated heterocycles. The maximum Gasteiger partial charge on any atom is 0.408 e. The lowest BCUT2D eigenvalue weighted by atomic mass is 10.1. The van der Waals surface area contributed by atoms with Crippen molar-refractivity contribution in [3.63, 3.8) is 0 Å². The van der Waals surface area contributed by atoms with E-state index in [0.717, 1.165) is 5.56 Å². The van der Waals surface area contributed by atoms with Gasteiger partial charge >= 0.3 is 12.1 Å². The van der Waals surface area contributed by atoms with Gasteiger partial charge in [0.1, 0.15) is 11.6 Å². The van der Waals surface area contributed by atoms with E-state index in [1.807, 2.05) is 30.3 Å². The van der Waals surface area contributed by atoms with Crippen molar-refractivity contribution in [1.29, 1.82) is 0 Å². The van der Waals surface area contributed by atoms with Crippen molar-refractivity contribution in [3.8, 4) is 0 Å². The van der Waals surface area contributed by atoms with Crippen LogP contribution in [0.5, 0.6) is 0 Å². The average Bonchev–Trinajstić information content (AvgIpc) is 2.46. The van der Waals surface area contributed by atoms with Crippen molar-refractivity contribution < 1.29 is 24.2 Å². The zero-order chi connectivity index (χ0) is 17.3. The van der Waals surface area contributed by atoms with E-state index in [-0.39, 0.29) is 13.2 Å². The van der Waals surface area contributed by atoms with Gasteiger partial charge in [0.15, 0.2) is 0 Å². The molecule has 2 N–H and O–H groups in total. The molecule has 0 aliphatic heterocycles. The predicted octanol–water partition coefficient (Wildman–Crippen LogP) is 2.05. The number of esters is 1. The van der Waals surface area contributed by atoms with Gasteiger partial charge in [-0.3, -0.25) is 0 Å². The van der Waals surface area contributed by atoms with Gasteiger partial charge in [0.2, 0.25) is 0 Å². The van der Waals surface area contributed by atoms with Gasteiger partial charge in [0.05, 0.1) is 6.61 Å². The van der Waals surface area contributed by atoms with Crippen LogP contribution in [0.15, 0.2) is 30.3 Å². The first kappa shape index (κ1) is 19.0. The maximum atomic E-state index is 12.1. The number of ether oxygens (including phenoxy) is 2. The Morgan fingerprint density at radius 1 is 1.22 bits per heavy atom. The number of aliphatic hydroxyl groups is 1. The monoisotopic (exact) mass is 323 g/mol. The van der Waals surface area contributed by atoms with Crippen LogP contribution in [0.25, 0.3) is 0 Å². The van der Waals surface area contributed by atoms with E-state index in [2.05, 4.69) is 5.32 Å². The molecule has 128 valence electrons. The number of hydrogen-bond donors (Lipinski definition) is 2. The lowest BCUT2D eigenvalue weighted by Crippen LogP contribution is -2.45. The highest BCUT2D eigenvalue weighted by atomic mass is 16.6. The summed E-state index contributed by atoms with van der Waals surface area (Å²) in [5, 5.41) is 11.3. The van der Waals surface area contributed by atoms with Gasteiger partial charge in [-0.15, -0.1) is 0 Å². The molecule has 23 heavy (non-hydrogen) atoms. The highest BCUT2D eigenvalue weighted by Crippen LogP contribution is 2.09. The van der Waals surface area contributed by atoms with E-state index in [1.165, 1.54) is 0 Å². The molecule has 0 spiro atoms. The number of nitrogens with one attached hydrogen (secondary N) is 1. The molecular formula is C17H25NO5. The molecule has 1 atom stereocenters. The van der Waals surface area contributed by atoms with Crippen LogP contribution in [0.2, 0.25) is 0 Å². The molecule has 0 aliphatic carbocycles. The van der Waals surface area contributed by atoms with Crippen molar-refractivity contribution in [1.82, 2.24) is 5.32 Å². The Balaban J connectivity index is 2.71. The molecule has 1 aromatic carbocycles. The largest absolute Gasteiger partial charge is 0.464 e. The fourth-order valence-corrected chi connectivity index (χ4v) is 1.83. The van der Waals surface area contributed by atoms with Crippen molar-refractivity contribution >= 4 is 12.1 Å². The highest BCUT2D eigenvalue weighted by molar-refractivity contribution is 5.81. The fourth-order valence-electron chi connectivity index (χ4n) is 1.83. The zero-order valence-electron chi connectivity index (χ0n) is 13.9. The molecule has 0 heterocycles. The highest BCUT2D eigenvalue weighted by Gasteiger charge is 2.25. The van der Waals surface area contributed by atoms with Crippen molar-refractivity contribution in [2.75, 3.05) is 13.2 Å². The molecule has 6 nitrogen and oxygen atoms in total. The SMILES string of the molecule is CC(C)(C)OC(=O)N[C@@H](Cc1ccccc1)C(=O)OCCCO. The minimum atomic E-state index is -0.842.